The average Bonchev–Trinajstić information content (AvgIpc) is 3.11. The van der Waals surface area contributed by atoms with Crippen molar-refractivity contribution >= 4 is 11.9 Å². The Labute approximate surface area is 118 Å². The quantitative estimate of drug-likeness (QED) is 0.869. The lowest BCUT2D eigenvalue weighted by Crippen LogP contribution is -2.43. The van der Waals surface area contributed by atoms with Gasteiger partial charge in [-0.15, -0.1) is 0 Å². The molecule has 1 aliphatic rings. The zero-order valence-electron chi connectivity index (χ0n) is 12.1. The van der Waals surface area contributed by atoms with Crippen LogP contribution in [0, 0.1) is 5.92 Å². The highest BCUT2D eigenvalue weighted by Crippen LogP contribution is 2.33. The summed E-state index contributed by atoms with van der Waals surface area (Å²) >= 11 is 0. The van der Waals surface area contributed by atoms with Crippen LogP contribution < -0.4 is 0 Å². The van der Waals surface area contributed by atoms with Crippen molar-refractivity contribution in [3.8, 4) is 0 Å². The van der Waals surface area contributed by atoms with Crippen molar-refractivity contribution in [1.29, 1.82) is 0 Å². The van der Waals surface area contributed by atoms with Crippen LogP contribution in [0.15, 0.2) is 16.7 Å². The molecule has 1 amide bonds. The molecule has 2 rings (SSSR count). The van der Waals surface area contributed by atoms with Crippen LogP contribution in [-0.2, 0) is 0 Å². The second-order valence-corrected chi connectivity index (χ2v) is 5.57. The van der Waals surface area contributed by atoms with Crippen molar-refractivity contribution < 1.29 is 19.1 Å². The molecule has 1 aliphatic carbocycles. The number of hydrogen-bond donors (Lipinski definition) is 1. The Hall–Kier alpha value is -1.78. The SMILES string of the molecule is CCC(C)C(C)N(C(=O)c1cc(C(=O)O)co1)C1CC1. The number of carbonyl (C=O) groups excluding carboxylic acids is 1. The molecule has 2 unspecified atom stereocenters. The zero-order chi connectivity index (χ0) is 14.9. The van der Waals surface area contributed by atoms with Crippen LogP contribution in [0.1, 0.15) is 60.9 Å². The number of amides is 1. The summed E-state index contributed by atoms with van der Waals surface area (Å²) in [6.07, 6.45) is 4.14. The molecule has 110 valence electrons. The van der Waals surface area contributed by atoms with E-state index in [1.807, 2.05) is 11.8 Å². The summed E-state index contributed by atoms with van der Waals surface area (Å²) in [7, 11) is 0. The van der Waals surface area contributed by atoms with Crippen LogP contribution in [0.2, 0.25) is 0 Å². The number of rotatable bonds is 6. The van der Waals surface area contributed by atoms with Crippen LogP contribution in [0.4, 0.5) is 0 Å². The molecule has 5 nitrogen and oxygen atoms in total. The van der Waals surface area contributed by atoms with Gasteiger partial charge in [0.15, 0.2) is 5.76 Å². The first kappa shape index (κ1) is 14.6. The van der Waals surface area contributed by atoms with Gasteiger partial charge in [-0.3, -0.25) is 4.79 Å². The Balaban J connectivity index is 2.20. The highest BCUT2D eigenvalue weighted by atomic mass is 16.4. The first-order valence-electron chi connectivity index (χ1n) is 7.10. The predicted molar refractivity (Wildman–Crippen MR) is 73.8 cm³/mol. The fraction of sp³-hybridized carbons (Fsp3) is 0.600. The predicted octanol–water partition coefficient (Wildman–Crippen LogP) is 3.02. The Morgan fingerprint density at radius 3 is 2.55 bits per heavy atom. The highest BCUT2D eigenvalue weighted by molar-refractivity contribution is 5.95. The molecule has 1 N–H and O–H groups in total. The third-order valence-electron chi connectivity index (χ3n) is 4.14. The third-order valence-corrected chi connectivity index (χ3v) is 4.14. The summed E-state index contributed by atoms with van der Waals surface area (Å²) in [4.78, 5) is 25.3. The topological polar surface area (TPSA) is 70.8 Å². The molecule has 0 aromatic carbocycles. The molecule has 1 fully saturated rings. The van der Waals surface area contributed by atoms with Gasteiger partial charge >= 0.3 is 5.97 Å². The summed E-state index contributed by atoms with van der Waals surface area (Å²) in [5, 5.41) is 8.89. The minimum absolute atomic E-state index is 0.0142. The average molecular weight is 279 g/mol. The number of hydrogen-bond acceptors (Lipinski definition) is 3. The molecule has 0 aliphatic heterocycles. The van der Waals surface area contributed by atoms with E-state index in [-0.39, 0.29) is 29.3 Å². The first-order chi connectivity index (χ1) is 9.45. The summed E-state index contributed by atoms with van der Waals surface area (Å²) in [5.74, 6) is -0.772. The molecule has 0 spiro atoms. The fourth-order valence-corrected chi connectivity index (χ4v) is 2.34. The van der Waals surface area contributed by atoms with Crippen LogP contribution >= 0.6 is 0 Å². The minimum Gasteiger partial charge on any atom is -0.478 e. The summed E-state index contributed by atoms with van der Waals surface area (Å²) in [5.41, 5.74) is 0.0142. The Bertz CT molecular complexity index is 504. The maximum absolute atomic E-state index is 12.6. The lowest BCUT2D eigenvalue weighted by molar-refractivity contribution is 0.0582. The van der Waals surface area contributed by atoms with Gasteiger partial charge < -0.3 is 14.4 Å². The van der Waals surface area contributed by atoms with Crippen LogP contribution in [0.25, 0.3) is 0 Å². The Kier molecular flexibility index (Phi) is 4.16. The van der Waals surface area contributed by atoms with E-state index in [0.717, 1.165) is 25.5 Å². The number of carbonyl (C=O) groups is 2. The smallest absolute Gasteiger partial charge is 0.338 e. The lowest BCUT2D eigenvalue weighted by Gasteiger charge is -2.32. The van der Waals surface area contributed by atoms with Crippen molar-refractivity contribution in [3.63, 3.8) is 0 Å². The molecule has 2 atom stereocenters. The van der Waals surface area contributed by atoms with Gasteiger partial charge in [-0.1, -0.05) is 20.3 Å². The lowest BCUT2D eigenvalue weighted by atomic mass is 9.99. The molecule has 1 aromatic heterocycles. The molecule has 0 radical (unpaired) electrons. The van der Waals surface area contributed by atoms with E-state index >= 15 is 0 Å². The number of carboxylic acids is 1. The second kappa shape index (κ2) is 5.69. The van der Waals surface area contributed by atoms with Crippen molar-refractivity contribution in [2.24, 2.45) is 5.92 Å². The third kappa shape index (κ3) is 2.86. The number of furan rings is 1. The molecule has 1 heterocycles. The minimum atomic E-state index is -1.08. The van der Waals surface area contributed by atoms with Gasteiger partial charge in [-0.2, -0.15) is 0 Å². The zero-order valence-corrected chi connectivity index (χ0v) is 12.1. The fourth-order valence-electron chi connectivity index (χ4n) is 2.34. The van der Waals surface area contributed by atoms with Gasteiger partial charge in [0.1, 0.15) is 6.26 Å². The van der Waals surface area contributed by atoms with Crippen LogP contribution in [0.3, 0.4) is 0 Å². The van der Waals surface area contributed by atoms with E-state index in [2.05, 4.69) is 13.8 Å². The van der Waals surface area contributed by atoms with Gasteiger partial charge in [0.2, 0.25) is 0 Å². The largest absolute Gasteiger partial charge is 0.478 e. The Morgan fingerprint density at radius 2 is 2.10 bits per heavy atom. The van der Waals surface area contributed by atoms with Gasteiger partial charge in [0.25, 0.3) is 5.91 Å². The Morgan fingerprint density at radius 1 is 1.45 bits per heavy atom. The van der Waals surface area contributed by atoms with Gasteiger partial charge in [0, 0.05) is 18.2 Å². The van der Waals surface area contributed by atoms with Crippen molar-refractivity contribution in [2.45, 2.75) is 52.1 Å². The molecule has 1 aromatic rings. The van der Waals surface area contributed by atoms with Crippen molar-refractivity contribution in [1.82, 2.24) is 4.90 Å². The van der Waals surface area contributed by atoms with E-state index in [9.17, 15) is 9.59 Å². The normalized spacial score (nSPS) is 17.6. The summed E-state index contributed by atoms with van der Waals surface area (Å²) in [6, 6.07) is 1.70. The molecule has 0 saturated heterocycles. The van der Waals surface area contributed by atoms with E-state index in [1.165, 1.54) is 6.07 Å². The number of nitrogens with zero attached hydrogens (tertiary/aromatic N) is 1. The first-order valence-corrected chi connectivity index (χ1v) is 7.10. The summed E-state index contributed by atoms with van der Waals surface area (Å²) in [6.45, 7) is 6.27. The molecule has 5 heteroatoms. The van der Waals surface area contributed by atoms with Crippen LogP contribution in [0.5, 0.6) is 0 Å². The molecule has 20 heavy (non-hydrogen) atoms. The van der Waals surface area contributed by atoms with E-state index in [1.54, 1.807) is 0 Å². The molecular formula is C15H21NO4. The molecular weight excluding hydrogens is 258 g/mol. The highest BCUT2D eigenvalue weighted by Gasteiger charge is 2.38. The van der Waals surface area contributed by atoms with E-state index in [4.69, 9.17) is 9.52 Å². The maximum atomic E-state index is 12.6. The number of carboxylic acid groups (broad SMARTS) is 1. The van der Waals surface area contributed by atoms with E-state index in [0.29, 0.717) is 5.92 Å². The number of aromatic carboxylic acids is 1. The van der Waals surface area contributed by atoms with E-state index < -0.39 is 5.97 Å². The molecule has 0 bridgehead atoms. The monoisotopic (exact) mass is 279 g/mol. The second-order valence-electron chi connectivity index (χ2n) is 5.57. The van der Waals surface area contributed by atoms with Crippen molar-refractivity contribution in [2.75, 3.05) is 0 Å². The van der Waals surface area contributed by atoms with Gasteiger partial charge in [0.05, 0.1) is 5.56 Å². The van der Waals surface area contributed by atoms with Crippen LogP contribution in [-0.4, -0.2) is 34.0 Å². The van der Waals surface area contributed by atoms with Gasteiger partial charge in [-0.25, -0.2) is 4.79 Å². The standard InChI is InChI=1S/C15H21NO4/c1-4-9(2)10(3)16(12-5-6-12)14(17)13-7-11(8-20-13)15(18)19/h7-10,12H,4-6H2,1-3H3,(H,18,19). The van der Waals surface area contributed by atoms with Crippen molar-refractivity contribution in [3.05, 3.63) is 23.7 Å². The maximum Gasteiger partial charge on any atom is 0.338 e. The van der Waals surface area contributed by atoms with Gasteiger partial charge in [-0.05, 0) is 25.7 Å². The summed E-state index contributed by atoms with van der Waals surface area (Å²) < 4.78 is 5.14. The molecule has 1 saturated carbocycles.